The van der Waals surface area contributed by atoms with Gasteiger partial charge in [-0.15, -0.1) is 11.3 Å². The van der Waals surface area contributed by atoms with Crippen molar-refractivity contribution < 1.29 is 4.74 Å². The Morgan fingerprint density at radius 1 is 1.50 bits per heavy atom. The molecule has 2 aromatic rings. The second-order valence-corrected chi connectivity index (χ2v) is 3.41. The lowest BCUT2D eigenvalue weighted by Crippen LogP contribution is -1.88. The molecule has 0 fully saturated rings. The van der Waals surface area contributed by atoms with Crippen molar-refractivity contribution in [3.8, 4) is 5.88 Å². The molecule has 0 aliphatic heterocycles. The van der Waals surface area contributed by atoms with Crippen LogP contribution >= 0.6 is 22.9 Å². The average Bonchev–Trinajstić information content (AvgIpc) is 2.48. The lowest BCUT2D eigenvalue weighted by atomic mass is 10.4. The number of fused-ring (bicyclic) bond motifs is 1. The van der Waals surface area contributed by atoms with Gasteiger partial charge in [0.15, 0.2) is 0 Å². The van der Waals surface area contributed by atoms with Gasteiger partial charge in [-0.05, 0) is 0 Å². The summed E-state index contributed by atoms with van der Waals surface area (Å²) in [6, 6.07) is 0. The standard InChI is InChI=1S/C7H5ClN2OS/c1-11-6-5-4(8)2-12-7(5)10-3-9-6/h2-3H,1H3. The van der Waals surface area contributed by atoms with Crippen molar-refractivity contribution in [3.63, 3.8) is 0 Å². The summed E-state index contributed by atoms with van der Waals surface area (Å²) in [6.07, 6.45) is 1.47. The minimum Gasteiger partial charge on any atom is -0.480 e. The van der Waals surface area contributed by atoms with Crippen molar-refractivity contribution in [2.24, 2.45) is 0 Å². The molecule has 12 heavy (non-hydrogen) atoms. The summed E-state index contributed by atoms with van der Waals surface area (Å²) >= 11 is 7.39. The summed E-state index contributed by atoms with van der Waals surface area (Å²) in [4.78, 5) is 8.85. The Balaban J connectivity index is 2.84. The molecule has 0 atom stereocenters. The van der Waals surface area contributed by atoms with Gasteiger partial charge in [0, 0.05) is 5.38 Å². The number of aromatic nitrogens is 2. The lowest BCUT2D eigenvalue weighted by molar-refractivity contribution is 0.403. The molecule has 0 aliphatic carbocycles. The zero-order valence-corrected chi connectivity index (χ0v) is 7.82. The van der Waals surface area contributed by atoms with E-state index in [4.69, 9.17) is 16.3 Å². The van der Waals surface area contributed by atoms with Crippen LogP contribution in [0, 0.1) is 0 Å². The van der Waals surface area contributed by atoms with Crippen LogP contribution in [0.3, 0.4) is 0 Å². The molecule has 0 bridgehead atoms. The summed E-state index contributed by atoms with van der Waals surface area (Å²) in [5, 5.41) is 3.27. The largest absolute Gasteiger partial charge is 0.480 e. The smallest absolute Gasteiger partial charge is 0.226 e. The molecule has 0 radical (unpaired) electrons. The van der Waals surface area contributed by atoms with E-state index in [-0.39, 0.29) is 0 Å². The third-order valence-electron chi connectivity index (χ3n) is 1.48. The molecule has 0 amide bonds. The van der Waals surface area contributed by atoms with Gasteiger partial charge < -0.3 is 4.74 Å². The van der Waals surface area contributed by atoms with Crippen molar-refractivity contribution >= 4 is 33.2 Å². The number of hydrogen-bond donors (Lipinski definition) is 0. The lowest BCUT2D eigenvalue weighted by Gasteiger charge is -1.98. The Kier molecular flexibility index (Phi) is 1.86. The molecule has 0 unspecified atom stereocenters. The predicted molar refractivity (Wildman–Crippen MR) is 49.0 cm³/mol. The van der Waals surface area contributed by atoms with Crippen LogP contribution < -0.4 is 4.74 Å². The van der Waals surface area contributed by atoms with E-state index in [9.17, 15) is 0 Å². The van der Waals surface area contributed by atoms with E-state index in [2.05, 4.69) is 9.97 Å². The molecular formula is C7H5ClN2OS. The molecule has 2 aromatic heterocycles. The van der Waals surface area contributed by atoms with Crippen LogP contribution in [0.25, 0.3) is 10.2 Å². The van der Waals surface area contributed by atoms with Crippen LogP contribution in [-0.2, 0) is 0 Å². The highest BCUT2D eigenvalue weighted by molar-refractivity contribution is 7.17. The van der Waals surface area contributed by atoms with Gasteiger partial charge in [-0.2, -0.15) is 0 Å². The Labute approximate surface area is 78.0 Å². The zero-order valence-electron chi connectivity index (χ0n) is 6.24. The number of nitrogens with zero attached hydrogens (tertiary/aromatic N) is 2. The molecule has 0 saturated heterocycles. The van der Waals surface area contributed by atoms with E-state index in [0.29, 0.717) is 10.9 Å². The van der Waals surface area contributed by atoms with Gasteiger partial charge in [-0.3, -0.25) is 0 Å². The van der Waals surface area contributed by atoms with E-state index >= 15 is 0 Å². The Bertz CT molecular complexity index is 415. The Morgan fingerprint density at radius 3 is 3.08 bits per heavy atom. The summed E-state index contributed by atoms with van der Waals surface area (Å²) in [5.74, 6) is 0.534. The third kappa shape index (κ3) is 1.04. The van der Waals surface area contributed by atoms with Crippen molar-refractivity contribution in [2.45, 2.75) is 0 Å². The highest BCUT2D eigenvalue weighted by Gasteiger charge is 2.09. The first-order chi connectivity index (χ1) is 5.83. The van der Waals surface area contributed by atoms with Crippen LogP contribution in [0.1, 0.15) is 0 Å². The van der Waals surface area contributed by atoms with Gasteiger partial charge in [0.1, 0.15) is 11.2 Å². The van der Waals surface area contributed by atoms with Gasteiger partial charge in [0.2, 0.25) is 5.88 Å². The fourth-order valence-corrected chi connectivity index (χ4v) is 2.09. The van der Waals surface area contributed by atoms with Crippen molar-refractivity contribution in [1.82, 2.24) is 9.97 Å². The Hall–Kier alpha value is -0.870. The maximum absolute atomic E-state index is 5.91. The van der Waals surface area contributed by atoms with E-state index < -0.39 is 0 Å². The number of thiophene rings is 1. The van der Waals surface area contributed by atoms with Crippen molar-refractivity contribution in [2.75, 3.05) is 7.11 Å². The monoisotopic (exact) mass is 200 g/mol. The average molecular weight is 201 g/mol. The minimum atomic E-state index is 0.534. The number of hydrogen-bond acceptors (Lipinski definition) is 4. The van der Waals surface area contributed by atoms with Crippen LogP contribution in [0.5, 0.6) is 5.88 Å². The predicted octanol–water partition coefficient (Wildman–Crippen LogP) is 2.35. The summed E-state index contributed by atoms with van der Waals surface area (Å²) < 4.78 is 5.04. The maximum atomic E-state index is 5.91. The number of halogens is 1. The molecule has 0 aromatic carbocycles. The van der Waals surface area contributed by atoms with Gasteiger partial charge in [-0.1, -0.05) is 11.6 Å². The number of rotatable bonds is 1. The van der Waals surface area contributed by atoms with Crippen molar-refractivity contribution in [3.05, 3.63) is 16.7 Å². The normalized spacial score (nSPS) is 10.5. The first-order valence-electron chi connectivity index (χ1n) is 3.24. The van der Waals surface area contributed by atoms with Gasteiger partial charge in [0.05, 0.1) is 17.5 Å². The minimum absolute atomic E-state index is 0.534. The molecule has 0 aliphatic rings. The molecular weight excluding hydrogens is 196 g/mol. The Morgan fingerprint density at radius 2 is 2.33 bits per heavy atom. The highest BCUT2D eigenvalue weighted by Crippen LogP contribution is 2.33. The van der Waals surface area contributed by atoms with E-state index in [1.165, 1.54) is 17.7 Å². The quantitative estimate of drug-likeness (QED) is 0.709. The van der Waals surface area contributed by atoms with E-state index in [1.54, 1.807) is 7.11 Å². The summed E-state index contributed by atoms with van der Waals surface area (Å²) in [5.41, 5.74) is 0. The van der Waals surface area contributed by atoms with Gasteiger partial charge in [-0.25, -0.2) is 9.97 Å². The van der Waals surface area contributed by atoms with Crippen LogP contribution in [0.4, 0.5) is 0 Å². The van der Waals surface area contributed by atoms with E-state index in [1.807, 2.05) is 5.38 Å². The molecule has 3 nitrogen and oxygen atoms in total. The second-order valence-electron chi connectivity index (χ2n) is 2.15. The van der Waals surface area contributed by atoms with Crippen LogP contribution in [0.2, 0.25) is 5.02 Å². The molecule has 5 heteroatoms. The fourth-order valence-electron chi connectivity index (χ4n) is 0.969. The maximum Gasteiger partial charge on any atom is 0.226 e. The topological polar surface area (TPSA) is 35.0 Å². The van der Waals surface area contributed by atoms with Crippen molar-refractivity contribution in [1.29, 1.82) is 0 Å². The van der Waals surface area contributed by atoms with E-state index in [0.717, 1.165) is 10.2 Å². The SMILES string of the molecule is COc1ncnc2scc(Cl)c12. The molecule has 0 spiro atoms. The van der Waals surface area contributed by atoms with Gasteiger partial charge >= 0.3 is 0 Å². The van der Waals surface area contributed by atoms with Gasteiger partial charge in [0.25, 0.3) is 0 Å². The highest BCUT2D eigenvalue weighted by atomic mass is 35.5. The summed E-state index contributed by atoms with van der Waals surface area (Å²) in [6.45, 7) is 0. The van der Waals surface area contributed by atoms with Crippen LogP contribution in [-0.4, -0.2) is 17.1 Å². The molecule has 62 valence electrons. The number of ether oxygens (including phenoxy) is 1. The molecule has 0 N–H and O–H groups in total. The summed E-state index contributed by atoms with van der Waals surface area (Å²) in [7, 11) is 1.57. The molecule has 2 rings (SSSR count). The molecule has 2 heterocycles. The second kappa shape index (κ2) is 2.88. The van der Waals surface area contributed by atoms with Crippen LogP contribution in [0.15, 0.2) is 11.7 Å². The fraction of sp³-hybridized carbons (Fsp3) is 0.143. The number of methoxy groups -OCH3 is 1. The zero-order chi connectivity index (χ0) is 8.55. The first kappa shape index (κ1) is 7.76. The molecule has 0 saturated carbocycles. The first-order valence-corrected chi connectivity index (χ1v) is 4.50. The third-order valence-corrected chi connectivity index (χ3v) is 2.80.